The van der Waals surface area contributed by atoms with Crippen LogP contribution in [0.2, 0.25) is 30.1 Å². The van der Waals surface area contributed by atoms with Crippen molar-refractivity contribution in [1.29, 1.82) is 0 Å². The molecule has 0 aliphatic carbocycles. The number of thiazole rings is 1. The largest absolute Gasteiger partial charge is 0.508 e. The zero-order valence-electron chi connectivity index (χ0n) is 70.0. The number of phenols is 4. The van der Waals surface area contributed by atoms with Gasteiger partial charge < -0.3 is 78.0 Å². The summed E-state index contributed by atoms with van der Waals surface area (Å²) >= 11 is 36.4. The molecule has 130 heavy (non-hydrogen) atoms. The van der Waals surface area contributed by atoms with Gasteiger partial charge in [-0.15, -0.1) is 15.6 Å². The molecular formula is C93H109Cl6FN6O20PPdS2-. The van der Waals surface area contributed by atoms with E-state index in [1.54, 1.807) is 93.6 Å². The summed E-state index contributed by atoms with van der Waals surface area (Å²) in [4.78, 5) is 90.2. The van der Waals surface area contributed by atoms with Gasteiger partial charge in [0, 0.05) is 74.7 Å². The zero-order valence-corrected chi connectivity index (χ0v) is 78.7. The number of nitrogens with one attached hydrogen (secondary N) is 3. The van der Waals surface area contributed by atoms with E-state index >= 15 is 4.39 Å². The number of sulfonamides is 1. The number of benzene rings is 9. The van der Waals surface area contributed by atoms with Gasteiger partial charge in [0.15, 0.2) is 12.1 Å². The Morgan fingerprint density at radius 3 is 1.36 bits per heavy atom. The molecule has 1 aromatic heterocycles. The molecule has 0 bridgehead atoms. The number of phenolic OH excluding ortho intramolecular Hbond substituents is 4. The Labute approximate surface area is 807 Å². The number of nitrogens with two attached hydrogens (primary N) is 1. The molecule has 0 saturated heterocycles. The SMILES string of the molecule is C.C.C.COC(=O)CN.COC(=O)CNC/C=C/c1cc(Cl)ccc1O.COC(=O)CNCCCc1cc(Cl)ccc1O.COC(=O)CNCCCc1cc(Cl)ccc1Oc1cc(F)c(S(=O)(=O)N(C(=O)OC(C)(C)C)c2cscn2)cc1Cl.O=C/C=C/c1cc(Cl)ccc1O.O=CC=P(c1ccccc1)(c1ccccc1)c1ccccc1.O=Cc1cc(Cl)ccc1O.[CH3-].[Pd]. The van der Waals surface area contributed by atoms with Crippen molar-refractivity contribution in [3.63, 3.8) is 0 Å². The number of aromatic nitrogens is 1. The van der Waals surface area contributed by atoms with Crippen molar-refractivity contribution in [3.8, 4) is 34.5 Å². The van der Waals surface area contributed by atoms with E-state index in [4.69, 9.17) is 89.9 Å². The van der Waals surface area contributed by atoms with E-state index in [0.29, 0.717) is 99.0 Å². The third-order valence-corrected chi connectivity index (χ3v) is 23.9. The van der Waals surface area contributed by atoms with Crippen LogP contribution in [0, 0.1) is 13.2 Å². The summed E-state index contributed by atoms with van der Waals surface area (Å²) in [5, 5.41) is 53.3. The van der Waals surface area contributed by atoms with Crippen LogP contribution < -0.4 is 46.6 Å². The minimum atomic E-state index is -4.85. The third-order valence-electron chi connectivity index (χ3n) is 16.2. The monoisotopic (exact) mass is 2060 g/mol. The van der Waals surface area contributed by atoms with Crippen LogP contribution in [0.3, 0.4) is 0 Å². The smallest absolute Gasteiger partial charge is 0.430 e. The molecule has 37 heteroatoms. The average molecular weight is 2060 g/mol. The zero-order chi connectivity index (χ0) is 92.5. The number of carbonyl (C=O) groups excluding carboxylic acids is 8. The maximum Gasteiger partial charge on any atom is 0.430 e. The standard InChI is InChI=1S/C26H28Cl2FN3O7S2.C20H17OP.C12H16ClNO3.C12H14ClNO3.C9H7ClO2.C7H5ClO2.C3H7NO2.3CH4.CH3.Pd/c1-26(2,3)39-25(34)32(23-14-40-15-31-23)41(35,36)22-11-18(28)21(12-19(22)29)38-20-8-7-17(27)10-16(20)6-5-9-30-13-24(33)37-4;21-16-17-22(18-10-4-1-5-11-18,19-12-6-2-7-13-19)20-14-8-3-9-15-20;2*1-17-12(16)8-14-6-2-3-9-7-10(13)4-5-11(9)15;10-8-3-4-9(12)7(6-8)2-1-5-11;8-6-1-2-7(10)5(3-6)4-9;1-6-3(5)2-4;;;;;/h7-8,10-12,14-15,30H,5-6,9,13H2,1-4H3;1-17H;4-5,7,14-15H,2-3,6,8H2,1H3;2-5,7,14-15H,6,8H2,1H3;1-6,12H;1-4,10H;2,4H2,1H3;3*1H4;1H3;/q;;;;;;;;;;-1;/b;;;3-2+;2-1+;;;;;;;. The molecule has 0 fully saturated rings. The van der Waals surface area contributed by atoms with Gasteiger partial charge in [-0.2, -0.15) is 0 Å². The van der Waals surface area contributed by atoms with E-state index < -0.39 is 39.3 Å². The van der Waals surface area contributed by atoms with E-state index in [2.05, 4.69) is 76.3 Å². The molecule has 9 N–H and O–H groups in total. The molecule has 0 unspecified atom stereocenters. The molecule has 9 aromatic carbocycles. The molecule has 10 rings (SSSR count). The van der Waals surface area contributed by atoms with Gasteiger partial charge in [-0.25, -0.2) is 22.6 Å². The van der Waals surface area contributed by atoms with Crippen molar-refractivity contribution >= 4 is 186 Å². The van der Waals surface area contributed by atoms with Gasteiger partial charge >= 0.3 is 30.0 Å². The van der Waals surface area contributed by atoms with Gasteiger partial charge in [0.1, 0.15) is 63.4 Å². The van der Waals surface area contributed by atoms with E-state index in [0.717, 1.165) is 41.7 Å². The average Bonchev–Trinajstić information content (AvgIpc) is 0.964. The van der Waals surface area contributed by atoms with E-state index in [1.807, 2.05) is 60.4 Å². The van der Waals surface area contributed by atoms with Crippen molar-refractivity contribution in [2.75, 3.05) is 78.6 Å². The van der Waals surface area contributed by atoms with Crippen molar-refractivity contribution in [3.05, 3.63) is 288 Å². The molecule has 1 heterocycles. The number of hydrogen-bond donors (Lipinski definition) is 8. The molecule has 0 aliphatic heterocycles. The van der Waals surface area contributed by atoms with Crippen molar-refractivity contribution in [1.82, 2.24) is 20.9 Å². The molecule has 0 spiro atoms. The molecule has 0 aliphatic rings. The first-order valence-corrected chi connectivity index (χ1v) is 43.9. The molecular weight excluding hydrogens is 1950 g/mol. The number of esters is 4. The first-order valence-electron chi connectivity index (χ1n) is 37.4. The number of carbonyl (C=O) groups is 8. The first kappa shape index (κ1) is 122. The van der Waals surface area contributed by atoms with Gasteiger partial charge in [0.25, 0.3) is 10.0 Å². The van der Waals surface area contributed by atoms with Crippen molar-refractivity contribution in [2.45, 2.75) is 79.2 Å². The van der Waals surface area contributed by atoms with E-state index in [-0.39, 0.29) is 150 Å². The Balaban J connectivity index is 0. The van der Waals surface area contributed by atoms with E-state index in [1.165, 1.54) is 97.7 Å². The number of ether oxygens (including phenoxy) is 6. The minimum Gasteiger partial charge on any atom is -0.508 e. The predicted molar refractivity (Wildman–Crippen MR) is 519 cm³/mol. The topological polar surface area (TPSA) is 385 Å². The van der Waals surface area contributed by atoms with Gasteiger partial charge in [-0.05, 0) is 208 Å². The Morgan fingerprint density at radius 1 is 0.538 bits per heavy atom. The summed E-state index contributed by atoms with van der Waals surface area (Å²) < 4.78 is 71.5. The number of allylic oxidation sites excluding steroid dienone is 1. The fraction of sp³-hybridized carbons (Fsp3) is 0.237. The van der Waals surface area contributed by atoms with Gasteiger partial charge in [0.05, 0.1) is 70.7 Å². The summed E-state index contributed by atoms with van der Waals surface area (Å²) in [5.41, 5.74) is 7.97. The second kappa shape index (κ2) is 65.3. The number of aldehydes is 3. The molecule has 10 aromatic rings. The third kappa shape index (κ3) is 43.1. The summed E-state index contributed by atoms with van der Waals surface area (Å²) in [6, 6.07) is 56.2. The van der Waals surface area contributed by atoms with Crippen LogP contribution in [0.4, 0.5) is 15.0 Å². The summed E-state index contributed by atoms with van der Waals surface area (Å²) in [6.45, 7) is 4.70. The second-order valence-corrected chi connectivity index (χ2v) is 34.6. The fourth-order valence-corrected chi connectivity index (χ4v) is 17.0. The van der Waals surface area contributed by atoms with Gasteiger partial charge in [-0.1, -0.05) is 195 Å². The quantitative estimate of drug-likeness (QED) is 0.00303. The first-order chi connectivity index (χ1) is 59.6. The van der Waals surface area contributed by atoms with Crippen LogP contribution in [0.25, 0.3) is 12.2 Å². The number of hydrogen-bond acceptors (Lipinski definition) is 26. The van der Waals surface area contributed by atoms with Crippen LogP contribution in [-0.4, -0.2) is 168 Å². The fourth-order valence-electron chi connectivity index (χ4n) is 10.3. The van der Waals surface area contributed by atoms with Crippen molar-refractivity contribution < 1.29 is 120 Å². The molecule has 0 saturated carbocycles. The molecule has 708 valence electrons. The molecule has 26 nitrogen and oxygen atoms in total. The molecule has 0 atom stereocenters. The minimum absolute atomic E-state index is 0. The number of amides is 1. The summed E-state index contributed by atoms with van der Waals surface area (Å²) in [5.74, 6) is -0.340. The van der Waals surface area contributed by atoms with Crippen LogP contribution in [0.1, 0.15) is 88.5 Å². The molecule has 0 radical (unpaired) electrons. The maximum atomic E-state index is 15.4. The number of aryl methyl sites for hydroxylation is 2. The maximum absolute atomic E-state index is 15.4. The van der Waals surface area contributed by atoms with Gasteiger partial charge in [0.2, 0.25) is 0 Å². The number of aromatic hydroxyl groups is 4. The number of halogens is 7. The van der Waals surface area contributed by atoms with Crippen LogP contribution in [0.15, 0.2) is 222 Å². The normalized spacial score (nSPS) is 10.3. The second-order valence-electron chi connectivity index (χ2n) is 26.3. The Morgan fingerprint density at radius 2 is 0.954 bits per heavy atom. The van der Waals surface area contributed by atoms with Gasteiger partial charge in [-0.3, -0.25) is 33.6 Å². The number of nitrogens with zero attached hydrogens (tertiary/aromatic N) is 2. The van der Waals surface area contributed by atoms with Crippen LogP contribution in [0.5, 0.6) is 34.5 Å². The number of anilines is 1. The molecule has 1 amide bonds. The van der Waals surface area contributed by atoms with Crippen LogP contribution >= 0.6 is 87.8 Å². The van der Waals surface area contributed by atoms with Crippen molar-refractivity contribution in [2.24, 2.45) is 5.73 Å². The summed E-state index contributed by atoms with van der Waals surface area (Å²) in [7, 11) is 0.445. The Hall–Kier alpha value is -10.3. The predicted octanol–water partition coefficient (Wildman–Crippen LogP) is 18.3. The number of methoxy groups -OCH3 is 4. The Bertz CT molecular complexity index is 5280. The Kier molecular flexibility index (Phi) is 61.1. The number of rotatable bonds is 30. The summed E-state index contributed by atoms with van der Waals surface area (Å²) in [6.07, 6.45) is 9.79. The van der Waals surface area contributed by atoms with E-state index in [9.17, 15) is 62.1 Å². The van der Waals surface area contributed by atoms with Crippen LogP contribution in [-0.2, 0) is 95.7 Å².